The highest BCUT2D eigenvalue weighted by atomic mass is 16.5. The summed E-state index contributed by atoms with van der Waals surface area (Å²) in [6.45, 7) is 4.15. The van der Waals surface area contributed by atoms with Crippen molar-refractivity contribution in [1.29, 1.82) is 0 Å². The van der Waals surface area contributed by atoms with Gasteiger partial charge in [0.25, 0.3) is 6.47 Å². The maximum absolute atomic E-state index is 12.8. The molecular formula is C24H37N3O5. The topological polar surface area (TPSA) is 113 Å². The van der Waals surface area contributed by atoms with Crippen molar-refractivity contribution in [2.24, 2.45) is 17.1 Å². The SMILES string of the molecule is COCCCCCC(=O)N1C[C@@H]2CN(CC(N)=O)C[C@]2(CCc2ccccc2)C1.O=CO. The molecule has 0 bridgehead atoms. The zero-order chi connectivity index (χ0) is 23.4. The molecule has 0 aromatic heterocycles. The van der Waals surface area contributed by atoms with Crippen molar-refractivity contribution in [2.45, 2.75) is 38.5 Å². The van der Waals surface area contributed by atoms with Crippen LogP contribution >= 0.6 is 0 Å². The molecular weight excluding hydrogens is 410 g/mol. The average molecular weight is 448 g/mol. The number of unbranched alkanes of at least 4 members (excludes halogenated alkanes) is 2. The van der Waals surface area contributed by atoms with Crippen LogP contribution in [-0.2, 0) is 25.5 Å². The van der Waals surface area contributed by atoms with Crippen LogP contribution < -0.4 is 5.73 Å². The number of methoxy groups -OCH3 is 1. The van der Waals surface area contributed by atoms with Gasteiger partial charge in [0.15, 0.2) is 0 Å². The second kappa shape index (κ2) is 13.2. The molecule has 0 aliphatic carbocycles. The first-order chi connectivity index (χ1) is 15.4. The normalized spacial score (nSPS) is 22.2. The molecule has 2 amide bonds. The highest BCUT2D eigenvalue weighted by Crippen LogP contribution is 2.46. The quantitative estimate of drug-likeness (QED) is 0.395. The zero-order valence-electron chi connectivity index (χ0n) is 19.1. The number of benzene rings is 1. The summed E-state index contributed by atoms with van der Waals surface area (Å²) in [7, 11) is 1.71. The summed E-state index contributed by atoms with van der Waals surface area (Å²) in [6.07, 6.45) is 5.62. The molecule has 2 aliphatic rings. The number of hydrogen-bond donors (Lipinski definition) is 2. The van der Waals surface area contributed by atoms with Crippen molar-refractivity contribution < 1.29 is 24.2 Å². The Balaban J connectivity index is 0.00000114. The molecule has 8 heteroatoms. The molecule has 1 aromatic carbocycles. The number of ether oxygens (including phenoxy) is 1. The molecule has 0 spiro atoms. The molecule has 2 atom stereocenters. The summed E-state index contributed by atoms with van der Waals surface area (Å²) >= 11 is 0. The van der Waals surface area contributed by atoms with Crippen molar-refractivity contribution in [2.75, 3.05) is 46.4 Å². The molecule has 3 N–H and O–H groups in total. The molecule has 2 aliphatic heterocycles. The number of aryl methyl sites for hydroxylation is 1. The van der Waals surface area contributed by atoms with Crippen molar-refractivity contribution in [3.8, 4) is 0 Å². The van der Waals surface area contributed by atoms with E-state index in [1.807, 2.05) is 6.07 Å². The molecule has 178 valence electrons. The number of carbonyl (C=O) groups excluding carboxylic acids is 2. The van der Waals surface area contributed by atoms with E-state index in [1.54, 1.807) is 7.11 Å². The van der Waals surface area contributed by atoms with Crippen molar-refractivity contribution in [3.63, 3.8) is 0 Å². The summed E-state index contributed by atoms with van der Waals surface area (Å²) in [5.41, 5.74) is 6.84. The number of nitrogens with two attached hydrogens (primary N) is 1. The Morgan fingerprint density at radius 1 is 1.19 bits per heavy atom. The van der Waals surface area contributed by atoms with Gasteiger partial charge in [0.05, 0.1) is 6.54 Å². The minimum Gasteiger partial charge on any atom is -0.483 e. The fourth-order valence-corrected chi connectivity index (χ4v) is 5.07. The Hall–Kier alpha value is -2.45. The van der Waals surface area contributed by atoms with E-state index in [2.05, 4.69) is 34.1 Å². The van der Waals surface area contributed by atoms with Crippen molar-refractivity contribution in [3.05, 3.63) is 35.9 Å². The summed E-state index contributed by atoms with van der Waals surface area (Å²) in [5.74, 6) is 0.424. The summed E-state index contributed by atoms with van der Waals surface area (Å²) in [4.78, 5) is 36.8. The Morgan fingerprint density at radius 2 is 1.91 bits per heavy atom. The van der Waals surface area contributed by atoms with Crippen LogP contribution in [-0.4, -0.2) is 79.6 Å². The first kappa shape index (κ1) is 25.8. The number of likely N-dealkylation sites (tertiary alicyclic amines) is 2. The lowest BCUT2D eigenvalue weighted by Crippen LogP contribution is -2.39. The molecule has 32 heavy (non-hydrogen) atoms. The third kappa shape index (κ3) is 7.60. The maximum Gasteiger partial charge on any atom is 0.290 e. The average Bonchev–Trinajstić information content (AvgIpc) is 3.26. The maximum atomic E-state index is 12.8. The molecule has 2 heterocycles. The number of fused-ring (bicyclic) bond motifs is 1. The van der Waals surface area contributed by atoms with Crippen LogP contribution in [0.25, 0.3) is 0 Å². The highest BCUT2D eigenvalue weighted by molar-refractivity contribution is 5.77. The third-order valence-electron chi connectivity index (χ3n) is 6.56. The molecule has 2 fully saturated rings. The number of rotatable bonds is 11. The summed E-state index contributed by atoms with van der Waals surface area (Å²) in [5, 5.41) is 6.89. The lowest BCUT2D eigenvalue weighted by atomic mass is 9.76. The summed E-state index contributed by atoms with van der Waals surface area (Å²) < 4.78 is 5.08. The van der Waals surface area contributed by atoms with Gasteiger partial charge >= 0.3 is 0 Å². The second-order valence-electron chi connectivity index (χ2n) is 8.86. The van der Waals surface area contributed by atoms with Crippen LogP contribution in [0, 0.1) is 11.3 Å². The van der Waals surface area contributed by atoms with Gasteiger partial charge in [-0.15, -0.1) is 0 Å². The van der Waals surface area contributed by atoms with Gasteiger partial charge in [-0.25, -0.2) is 0 Å². The van der Waals surface area contributed by atoms with E-state index in [0.29, 0.717) is 18.9 Å². The molecule has 3 rings (SSSR count). The predicted octanol–water partition coefficient (Wildman–Crippen LogP) is 1.77. The van der Waals surface area contributed by atoms with E-state index in [0.717, 1.165) is 64.9 Å². The van der Waals surface area contributed by atoms with Gasteiger partial charge in [-0.2, -0.15) is 0 Å². The van der Waals surface area contributed by atoms with Crippen molar-refractivity contribution in [1.82, 2.24) is 9.80 Å². The van der Waals surface area contributed by atoms with Crippen LogP contribution in [0.1, 0.15) is 37.7 Å². The van der Waals surface area contributed by atoms with E-state index in [4.69, 9.17) is 20.4 Å². The third-order valence-corrected chi connectivity index (χ3v) is 6.56. The molecule has 0 radical (unpaired) electrons. The smallest absolute Gasteiger partial charge is 0.290 e. The summed E-state index contributed by atoms with van der Waals surface area (Å²) in [6, 6.07) is 10.5. The van der Waals surface area contributed by atoms with Crippen LogP contribution in [0.15, 0.2) is 30.3 Å². The van der Waals surface area contributed by atoms with Crippen LogP contribution in [0.3, 0.4) is 0 Å². The van der Waals surface area contributed by atoms with E-state index < -0.39 is 0 Å². The molecule has 0 saturated carbocycles. The van der Waals surface area contributed by atoms with Gasteiger partial charge < -0.3 is 20.5 Å². The second-order valence-corrected chi connectivity index (χ2v) is 8.86. The minimum atomic E-state index is -0.271. The number of primary amides is 1. The monoisotopic (exact) mass is 447 g/mol. The lowest BCUT2D eigenvalue weighted by Gasteiger charge is -2.29. The first-order valence-corrected chi connectivity index (χ1v) is 11.3. The Kier molecular flexibility index (Phi) is 10.6. The molecule has 8 nitrogen and oxygen atoms in total. The van der Waals surface area contributed by atoms with Gasteiger partial charge in [-0.1, -0.05) is 36.8 Å². The highest BCUT2D eigenvalue weighted by Gasteiger charge is 2.52. The Morgan fingerprint density at radius 3 is 2.56 bits per heavy atom. The van der Waals surface area contributed by atoms with Gasteiger partial charge in [0.2, 0.25) is 11.8 Å². The van der Waals surface area contributed by atoms with Gasteiger partial charge in [-0.3, -0.25) is 19.3 Å². The van der Waals surface area contributed by atoms with Gasteiger partial charge in [0, 0.05) is 51.7 Å². The van der Waals surface area contributed by atoms with E-state index >= 15 is 0 Å². The lowest BCUT2D eigenvalue weighted by molar-refractivity contribution is -0.131. The van der Waals surface area contributed by atoms with Gasteiger partial charge in [-0.05, 0) is 37.2 Å². The Labute approximate surface area is 190 Å². The number of amides is 2. The number of carboxylic acid groups (broad SMARTS) is 1. The number of hydrogen-bond acceptors (Lipinski definition) is 5. The van der Waals surface area contributed by atoms with Crippen LogP contribution in [0.2, 0.25) is 0 Å². The Bertz CT molecular complexity index is 730. The van der Waals surface area contributed by atoms with Crippen LogP contribution in [0.4, 0.5) is 0 Å². The molecule has 1 aromatic rings. The zero-order valence-corrected chi connectivity index (χ0v) is 19.1. The standard InChI is InChI=1S/C23H35N3O3.CH2O2/c1-29-13-7-3-6-10-22(28)26-15-20-14-25(16-21(24)27)17-23(20,18-26)12-11-19-8-4-2-5-9-19;2-1-3/h2,4-5,8-9,20H,3,6-7,10-18H2,1H3,(H2,24,27);1H,(H,2,3)/t20-,23+;/m0./s1. The van der Waals surface area contributed by atoms with Crippen LogP contribution in [0.5, 0.6) is 0 Å². The molecule has 0 unspecified atom stereocenters. The van der Waals surface area contributed by atoms with Crippen molar-refractivity contribution >= 4 is 18.3 Å². The van der Waals surface area contributed by atoms with E-state index in [9.17, 15) is 9.59 Å². The largest absolute Gasteiger partial charge is 0.483 e. The number of nitrogens with zero attached hydrogens (tertiary/aromatic N) is 2. The fraction of sp³-hybridized carbons (Fsp3) is 0.625. The predicted molar refractivity (Wildman–Crippen MR) is 122 cm³/mol. The fourth-order valence-electron chi connectivity index (χ4n) is 5.07. The van der Waals surface area contributed by atoms with E-state index in [1.165, 1.54) is 5.56 Å². The van der Waals surface area contributed by atoms with Gasteiger partial charge in [0.1, 0.15) is 0 Å². The van der Waals surface area contributed by atoms with E-state index in [-0.39, 0.29) is 23.7 Å². The first-order valence-electron chi connectivity index (χ1n) is 11.3. The minimum absolute atomic E-state index is 0.0665. The number of carbonyl (C=O) groups is 3. The molecule has 2 saturated heterocycles.